The van der Waals surface area contributed by atoms with Gasteiger partial charge in [-0.25, -0.2) is 9.18 Å². The van der Waals surface area contributed by atoms with Crippen molar-refractivity contribution in [2.24, 2.45) is 0 Å². The molecule has 0 aliphatic carbocycles. The van der Waals surface area contributed by atoms with Gasteiger partial charge in [0.2, 0.25) is 0 Å². The summed E-state index contributed by atoms with van der Waals surface area (Å²) in [4.78, 5) is 13.4. The van der Waals surface area contributed by atoms with Crippen LogP contribution in [-0.4, -0.2) is 11.1 Å². The zero-order chi connectivity index (χ0) is 22.7. The number of benzene rings is 3. The first-order valence-electron chi connectivity index (χ1n) is 9.78. The molecule has 3 aromatic carbocycles. The van der Waals surface area contributed by atoms with E-state index in [1.807, 2.05) is 47.5 Å². The highest BCUT2D eigenvalue weighted by Crippen LogP contribution is 2.37. The van der Waals surface area contributed by atoms with Crippen LogP contribution >= 0.6 is 27.5 Å². The number of carbonyl (C=O) groups is 1. The number of anilines is 1. The first-order valence-corrected chi connectivity index (χ1v) is 11.0. The molecule has 0 aromatic heterocycles. The third-order valence-corrected chi connectivity index (χ3v) is 5.79. The number of allylic oxidation sites excluding steroid dienone is 2. The topological polar surface area (TPSA) is 49.8 Å². The van der Waals surface area contributed by atoms with Crippen molar-refractivity contribution < 1.29 is 19.0 Å². The second-order valence-electron chi connectivity index (χ2n) is 7.10. The Labute approximate surface area is 198 Å². The Kier molecular flexibility index (Phi) is 6.63. The number of ether oxygens (including phenoxy) is 1. The summed E-state index contributed by atoms with van der Waals surface area (Å²) in [6, 6.07) is 16.6. The van der Waals surface area contributed by atoms with E-state index >= 15 is 0 Å². The first-order chi connectivity index (χ1) is 15.4. The Bertz CT molecular complexity index is 1240. The highest BCUT2D eigenvalue weighted by molar-refractivity contribution is 9.10. The van der Waals surface area contributed by atoms with Crippen molar-refractivity contribution in [1.82, 2.24) is 0 Å². The van der Waals surface area contributed by atoms with Gasteiger partial charge in [-0.2, -0.15) is 0 Å². The minimum absolute atomic E-state index is 0.172. The highest BCUT2D eigenvalue weighted by atomic mass is 79.9. The second-order valence-corrected chi connectivity index (χ2v) is 8.42. The number of nitrogens with zero attached hydrogens (tertiary/aromatic N) is 1. The molecule has 0 spiro atoms. The summed E-state index contributed by atoms with van der Waals surface area (Å²) < 4.78 is 20.3. The van der Waals surface area contributed by atoms with Crippen LogP contribution in [0.1, 0.15) is 27.9 Å². The van der Waals surface area contributed by atoms with Crippen molar-refractivity contribution in [2.45, 2.75) is 13.0 Å². The van der Waals surface area contributed by atoms with Gasteiger partial charge < -0.3 is 14.7 Å². The van der Waals surface area contributed by atoms with Gasteiger partial charge in [0.1, 0.15) is 18.2 Å². The molecule has 3 aromatic rings. The SMILES string of the molecule is O=C(O)c1cccc(N2C=CCC=C2c2cc(Br)ccc2OCc2ccc(F)cc2Cl)c1. The molecule has 4 nitrogen and oxygen atoms in total. The zero-order valence-electron chi connectivity index (χ0n) is 16.8. The summed E-state index contributed by atoms with van der Waals surface area (Å²) in [6.07, 6.45) is 6.68. The van der Waals surface area contributed by atoms with Crippen LogP contribution in [0.3, 0.4) is 0 Å². The lowest BCUT2D eigenvalue weighted by Crippen LogP contribution is -2.17. The molecule has 0 bridgehead atoms. The van der Waals surface area contributed by atoms with E-state index in [0.717, 1.165) is 27.8 Å². The van der Waals surface area contributed by atoms with Crippen molar-refractivity contribution in [3.8, 4) is 5.75 Å². The number of rotatable bonds is 6. The monoisotopic (exact) mass is 513 g/mol. The van der Waals surface area contributed by atoms with E-state index in [-0.39, 0.29) is 12.2 Å². The number of hydrogen-bond acceptors (Lipinski definition) is 3. The number of halogens is 3. The molecule has 0 atom stereocenters. The number of aromatic carboxylic acids is 1. The van der Waals surface area contributed by atoms with Crippen LogP contribution in [0.2, 0.25) is 5.02 Å². The van der Waals surface area contributed by atoms with E-state index in [9.17, 15) is 14.3 Å². The second kappa shape index (κ2) is 9.59. The summed E-state index contributed by atoms with van der Waals surface area (Å²) in [5.41, 5.74) is 3.28. The van der Waals surface area contributed by atoms with Gasteiger partial charge in [-0.15, -0.1) is 0 Å². The summed E-state index contributed by atoms with van der Waals surface area (Å²) in [5.74, 6) is -0.767. The molecule has 1 aliphatic rings. The highest BCUT2D eigenvalue weighted by Gasteiger charge is 2.19. The van der Waals surface area contributed by atoms with Crippen molar-refractivity contribution in [3.63, 3.8) is 0 Å². The average Bonchev–Trinajstić information content (AvgIpc) is 2.79. The molecule has 0 unspecified atom stereocenters. The fraction of sp³-hybridized carbons (Fsp3) is 0.0800. The van der Waals surface area contributed by atoms with Crippen LogP contribution in [0, 0.1) is 5.82 Å². The molecule has 0 amide bonds. The van der Waals surface area contributed by atoms with Gasteiger partial charge in [-0.05, 0) is 55.0 Å². The van der Waals surface area contributed by atoms with E-state index in [0.29, 0.717) is 16.3 Å². The molecule has 1 aliphatic heterocycles. The van der Waals surface area contributed by atoms with Gasteiger partial charge in [0, 0.05) is 27.5 Å². The minimum Gasteiger partial charge on any atom is -0.488 e. The molecule has 7 heteroatoms. The average molecular weight is 515 g/mol. The molecule has 0 radical (unpaired) electrons. The standard InChI is InChI=1S/C25H18BrClFNO3/c26-18-8-10-24(32-15-17-7-9-19(28)14-22(17)27)21(13-18)23-6-1-2-11-29(23)20-5-3-4-16(12-20)25(30)31/h2-14H,1,15H2,(H,30,31). The lowest BCUT2D eigenvalue weighted by atomic mass is 10.0. The van der Waals surface area contributed by atoms with Gasteiger partial charge in [0.05, 0.1) is 16.3 Å². The fourth-order valence-corrected chi connectivity index (χ4v) is 3.98. The van der Waals surface area contributed by atoms with E-state index in [1.54, 1.807) is 24.3 Å². The molecule has 0 fully saturated rings. The van der Waals surface area contributed by atoms with Gasteiger partial charge in [0.25, 0.3) is 0 Å². The van der Waals surface area contributed by atoms with E-state index in [4.69, 9.17) is 16.3 Å². The first kappa shape index (κ1) is 22.1. The van der Waals surface area contributed by atoms with Gasteiger partial charge in [-0.3, -0.25) is 0 Å². The maximum Gasteiger partial charge on any atom is 0.335 e. The summed E-state index contributed by atoms with van der Waals surface area (Å²) >= 11 is 9.67. The van der Waals surface area contributed by atoms with Gasteiger partial charge in [0.15, 0.2) is 0 Å². The van der Waals surface area contributed by atoms with Crippen molar-refractivity contribution in [1.29, 1.82) is 0 Å². The predicted octanol–water partition coefficient (Wildman–Crippen LogP) is 7.28. The predicted molar refractivity (Wildman–Crippen MR) is 127 cm³/mol. The Morgan fingerprint density at radius 1 is 1.16 bits per heavy atom. The molecule has 32 heavy (non-hydrogen) atoms. The largest absolute Gasteiger partial charge is 0.488 e. The fourth-order valence-electron chi connectivity index (χ4n) is 3.40. The number of carboxylic acids is 1. The van der Waals surface area contributed by atoms with Gasteiger partial charge in [-0.1, -0.05) is 51.8 Å². The molecule has 162 valence electrons. The maximum atomic E-state index is 13.4. The Balaban J connectivity index is 1.68. The summed E-state index contributed by atoms with van der Waals surface area (Å²) in [6.45, 7) is 0.172. The number of carboxylic acid groups (broad SMARTS) is 1. The molecular formula is C25H18BrClFNO3. The van der Waals surface area contributed by atoms with Crippen LogP contribution in [0.15, 0.2) is 83.5 Å². The van der Waals surface area contributed by atoms with Crippen molar-refractivity contribution in [3.05, 3.63) is 111 Å². The van der Waals surface area contributed by atoms with Gasteiger partial charge >= 0.3 is 5.97 Å². The van der Waals surface area contributed by atoms with Crippen LogP contribution < -0.4 is 9.64 Å². The quantitative estimate of drug-likeness (QED) is 0.375. The molecular weight excluding hydrogens is 497 g/mol. The third-order valence-electron chi connectivity index (χ3n) is 4.95. The number of hydrogen-bond donors (Lipinski definition) is 1. The van der Waals surface area contributed by atoms with E-state index in [1.165, 1.54) is 12.1 Å². The van der Waals surface area contributed by atoms with Crippen LogP contribution in [-0.2, 0) is 6.61 Å². The smallest absolute Gasteiger partial charge is 0.335 e. The van der Waals surface area contributed by atoms with Crippen molar-refractivity contribution in [2.75, 3.05) is 4.90 Å². The Hall–Kier alpha value is -3.09. The molecule has 1 N–H and O–H groups in total. The Morgan fingerprint density at radius 3 is 2.78 bits per heavy atom. The normalized spacial score (nSPS) is 13.1. The van der Waals surface area contributed by atoms with E-state index in [2.05, 4.69) is 15.9 Å². The molecule has 4 rings (SSSR count). The molecule has 0 saturated heterocycles. The zero-order valence-corrected chi connectivity index (χ0v) is 19.1. The lowest BCUT2D eigenvalue weighted by Gasteiger charge is -2.28. The summed E-state index contributed by atoms with van der Waals surface area (Å²) in [5, 5.41) is 9.68. The molecule has 0 saturated carbocycles. The lowest BCUT2D eigenvalue weighted by molar-refractivity contribution is 0.0697. The third kappa shape index (κ3) is 4.87. The summed E-state index contributed by atoms with van der Waals surface area (Å²) in [7, 11) is 0. The van der Waals surface area contributed by atoms with Crippen LogP contribution in [0.4, 0.5) is 10.1 Å². The van der Waals surface area contributed by atoms with E-state index < -0.39 is 11.8 Å². The van der Waals surface area contributed by atoms with Crippen LogP contribution in [0.25, 0.3) is 5.70 Å². The van der Waals surface area contributed by atoms with Crippen LogP contribution in [0.5, 0.6) is 5.75 Å². The molecule has 1 heterocycles. The van der Waals surface area contributed by atoms with Crippen molar-refractivity contribution >= 4 is 44.9 Å². The Morgan fingerprint density at radius 2 is 2.00 bits per heavy atom. The maximum absolute atomic E-state index is 13.4. The minimum atomic E-state index is -0.985.